The molecule has 0 bridgehead atoms. The zero-order valence-electron chi connectivity index (χ0n) is 49.7. The highest BCUT2D eigenvalue weighted by atomic mass is 16.6. The molecule has 5 rings (SSSR count). The molecule has 25 nitrogen and oxygen atoms in total. The lowest BCUT2D eigenvalue weighted by Gasteiger charge is -2.23. The molecule has 86 heavy (non-hydrogen) atoms. The quantitative estimate of drug-likeness (QED) is 0.0315. The molecule has 0 radical (unpaired) electrons. The summed E-state index contributed by atoms with van der Waals surface area (Å²) < 4.78 is 55.2. The predicted molar refractivity (Wildman–Crippen MR) is 315 cm³/mol. The van der Waals surface area contributed by atoms with Gasteiger partial charge in [-0.05, 0) is 72.4 Å². The number of ether oxygens (including phenoxy) is 10. The lowest BCUT2D eigenvalue weighted by molar-refractivity contribution is -0.141. The van der Waals surface area contributed by atoms with E-state index in [1.165, 1.54) is 0 Å². The molecule has 0 aromatic heterocycles. The number of nitrogens with zero attached hydrogens (tertiary/aromatic N) is 1. The normalized spacial score (nSPS) is 13.7. The Morgan fingerprint density at radius 1 is 0.535 bits per heavy atom. The van der Waals surface area contributed by atoms with E-state index in [0.29, 0.717) is 131 Å². The summed E-state index contributed by atoms with van der Waals surface area (Å²) in [7, 11) is 3.23. The summed E-state index contributed by atoms with van der Waals surface area (Å²) in [5.74, 6) is -4.47. The Labute approximate surface area is 503 Å². The van der Waals surface area contributed by atoms with Gasteiger partial charge in [-0.1, -0.05) is 78.9 Å². The molecule has 0 saturated heterocycles. The van der Waals surface area contributed by atoms with Crippen molar-refractivity contribution >= 4 is 41.6 Å². The maximum absolute atomic E-state index is 13.9. The van der Waals surface area contributed by atoms with Crippen LogP contribution in [0.1, 0.15) is 61.1 Å². The molecular formula is C61H89N7O18. The number of fused-ring (bicyclic) bond motifs is 3. The van der Waals surface area contributed by atoms with Crippen LogP contribution in [-0.2, 0) is 82.6 Å². The standard InChI is InChI=1S/C61H89N7O18/c1-77-26-28-81-34-36-83-32-30-79-24-22-68(23-25-80-31-33-84-37-35-82-29-27-78-2)21-11-10-18-52(67-61(76)85-43-51-49-16-8-6-14-47(49)48-15-7-9-17-50(48)51)59(74)63-40-55(69)62-42-57(71)66-53(38-45-12-4-3-5-13-45)60(75)64-41-56(70)65-44-86-54(39-58(72)73)46-19-20-46/h3-9,12-17,46,51-54H,10-11,18-44H2,1-2H3,(H,62,69)(H,63,74)(H,64,75)(H,65,70)(H,66,71)(H,67,76)(H,72,73)/t52-,53-,54-/m0/s1. The average molecular weight is 1210 g/mol. The van der Waals surface area contributed by atoms with Crippen molar-refractivity contribution in [1.82, 2.24) is 36.8 Å². The van der Waals surface area contributed by atoms with Crippen LogP contribution >= 0.6 is 0 Å². The summed E-state index contributed by atoms with van der Waals surface area (Å²) in [6.07, 6.45) is 1.50. The van der Waals surface area contributed by atoms with Gasteiger partial charge in [-0.15, -0.1) is 0 Å². The predicted octanol–water partition coefficient (Wildman–Crippen LogP) is 2.18. The molecule has 476 valence electrons. The van der Waals surface area contributed by atoms with Crippen LogP contribution < -0.4 is 31.9 Å². The van der Waals surface area contributed by atoms with Crippen molar-refractivity contribution in [3.63, 3.8) is 0 Å². The largest absolute Gasteiger partial charge is 0.481 e. The van der Waals surface area contributed by atoms with E-state index in [9.17, 15) is 38.7 Å². The fourth-order valence-electron chi connectivity index (χ4n) is 9.25. The molecule has 3 aromatic rings. The maximum Gasteiger partial charge on any atom is 0.407 e. The third-order valence-corrected chi connectivity index (χ3v) is 13.9. The van der Waals surface area contributed by atoms with Crippen molar-refractivity contribution in [3.8, 4) is 11.1 Å². The zero-order chi connectivity index (χ0) is 61.4. The summed E-state index contributed by atoms with van der Waals surface area (Å²) in [4.78, 5) is 93.4. The number of aliphatic carboxylic acids is 1. The molecule has 1 saturated carbocycles. The number of methoxy groups -OCH3 is 2. The Hall–Kier alpha value is -6.65. The molecular weight excluding hydrogens is 1120 g/mol. The molecule has 7 N–H and O–H groups in total. The second-order valence-electron chi connectivity index (χ2n) is 20.4. The Morgan fingerprint density at radius 3 is 1.56 bits per heavy atom. The first kappa shape index (κ1) is 70.1. The Kier molecular flexibility index (Phi) is 34.4. The highest BCUT2D eigenvalue weighted by molar-refractivity contribution is 5.93. The molecule has 0 spiro atoms. The van der Waals surface area contributed by atoms with Crippen LogP contribution in [0.15, 0.2) is 78.9 Å². The van der Waals surface area contributed by atoms with Crippen molar-refractivity contribution in [2.45, 2.75) is 69.1 Å². The van der Waals surface area contributed by atoms with Gasteiger partial charge in [0, 0.05) is 39.6 Å². The Bertz CT molecular complexity index is 2400. The Morgan fingerprint density at radius 2 is 1.02 bits per heavy atom. The first-order valence-electron chi connectivity index (χ1n) is 29.5. The molecule has 0 unspecified atom stereocenters. The summed E-state index contributed by atoms with van der Waals surface area (Å²) in [5, 5.41) is 24.6. The van der Waals surface area contributed by atoms with Gasteiger partial charge in [0.05, 0.1) is 125 Å². The van der Waals surface area contributed by atoms with Gasteiger partial charge in [0.2, 0.25) is 29.5 Å². The van der Waals surface area contributed by atoms with Crippen LogP contribution in [0.3, 0.4) is 0 Å². The van der Waals surface area contributed by atoms with E-state index in [1.807, 2.05) is 48.5 Å². The zero-order valence-corrected chi connectivity index (χ0v) is 49.7. The second kappa shape index (κ2) is 42.2. The lowest BCUT2D eigenvalue weighted by Crippen LogP contribution is -2.53. The molecule has 3 aromatic carbocycles. The number of rotatable bonds is 49. The second-order valence-corrected chi connectivity index (χ2v) is 20.4. The number of carbonyl (C=O) groups is 7. The number of amides is 6. The van der Waals surface area contributed by atoms with E-state index in [2.05, 4.69) is 36.8 Å². The van der Waals surface area contributed by atoms with Crippen molar-refractivity contribution < 1.29 is 86.0 Å². The molecule has 3 atom stereocenters. The molecule has 1 fully saturated rings. The van der Waals surface area contributed by atoms with E-state index < -0.39 is 79.4 Å². The fraction of sp³-hybridized carbons (Fsp3) is 0.590. The van der Waals surface area contributed by atoms with Crippen molar-refractivity contribution in [3.05, 3.63) is 95.6 Å². The topological polar surface area (TPSA) is 307 Å². The lowest BCUT2D eigenvalue weighted by atomic mass is 9.98. The average Bonchev–Trinajstić information content (AvgIpc) is 1.78. The smallest absolute Gasteiger partial charge is 0.407 e. The molecule has 25 heteroatoms. The number of hydrogen-bond donors (Lipinski definition) is 7. The molecule has 2 aliphatic carbocycles. The van der Waals surface area contributed by atoms with Gasteiger partial charge in [0.1, 0.15) is 25.4 Å². The number of hydrogen-bond acceptors (Lipinski definition) is 18. The van der Waals surface area contributed by atoms with Crippen LogP contribution in [0.2, 0.25) is 0 Å². The van der Waals surface area contributed by atoms with E-state index >= 15 is 0 Å². The van der Waals surface area contributed by atoms with Crippen LogP contribution in [0.5, 0.6) is 0 Å². The third-order valence-electron chi connectivity index (χ3n) is 13.9. The Balaban J connectivity index is 1.13. The number of carboxylic acid groups (broad SMARTS) is 1. The van der Waals surface area contributed by atoms with Crippen LogP contribution in [0.4, 0.5) is 4.79 Å². The summed E-state index contributed by atoms with van der Waals surface area (Å²) >= 11 is 0. The van der Waals surface area contributed by atoms with Gasteiger partial charge in [0.25, 0.3) is 0 Å². The van der Waals surface area contributed by atoms with Gasteiger partial charge in [0.15, 0.2) is 0 Å². The SMILES string of the molecule is COCCOCCOCCOCCN(CCCC[C@H](NC(=O)OCC1c2ccccc2-c2ccccc21)C(=O)NCC(=O)NCC(=O)N[C@@H](Cc1ccccc1)C(=O)NCC(=O)NCO[C@@H](CC(=O)O)C1CC1)CCOCCOCCOCCOC. The first-order valence-corrected chi connectivity index (χ1v) is 29.5. The first-order chi connectivity index (χ1) is 41.9. The molecule has 0 heterocycles. The fourth-order valence-corrected chi connectivity index (χ4v) is 9.25. The summed E-state index contributed by atoms with van der Waals surface area (Å²) in [6, 6.07) is 22.5. The summed E-state index contributed by atoms with van der Waals surface area (Å²) in [5.41, 5.74) is 4.87. The van der Waals surface area contributed by atoms with Gasteiger partial charge in [-0.2, -0.15) is 0 Å². The molecule has 2 aliphatic rings. The number of unbranched alkanes of at least 4 members (excludes halogenated alkanes) is 1. The van der Waals surface area contributed by atoms with E-state index in [1.54, 1.807) is 44.6 Å². The summed E-state index contributed by atoms with van der Waals surface area (Å²) in [6.45, 7) is 6.28. The van der Waals surface area contributed by atoms with Gasteiger partial charge in [-0.25, -0.2) is 4.79 Å². The monoisotopic (exact) mass is 1210 g/mol. The number of carbonyl (C=O) groups excluding carboxylic acids is 6. The minimum Gasteiger partial charge on any atom is -0.481 e. The maximum atomic E-state index is 13.9. The number of carboxylic acids is 1. The van der Waals surface area contributed by atoms with Gasteiger partial charge < -0.3 is 84.4 Å². The molecule has 6 amide bonds. The van der Waals surface area contributed by atoms with E-state index in [4.69, 9.17) is 47.4 Å². The minimum absolute atomic E-state index is 0.0134. The van der Waals surface area contributed by atoms with Crippen LogP contribution in [0, 0.1) is 5.92 Å². The number of alkyl carbamates (subject to hydrolysis) is 1. The van der Waals surface area contributed by atoms with Gasteiger partial charge in [-0.3, -0.25) is 33.7 Å². The van der Waals surface area contributed by atoms with E-state index in [0.717, 1.165) is 35.1 Å². The highest BCUT2D eigenvalue weighted by Gasteiger charge is 2.34. The van der Waals surface area contributed by atoms with Crippen molar-refractivity contribution in [2.24, 2.45) is 5.92 Å². The molecule has 0 aliphatic heterocycles. The van der Waals surface area contributed by atoms with Gasteiger partial charge >= 0.3 is 12.1 Å². The number of benzene rings is 3. The van der Waals surface area contributed by atoms with Crippen molar-refractivity contribution in [1.29, 1.82) is 0 Å². The minimum atomic E-state index is -1.15. The van der Waals surface area contributed by atoms with Crippen LogP contribution in [-0.4, -0.2) is 229 Å². The van der Waals surface area contributed by atoms with Crippen molar-refractivity contribution in [2.75, 3.05) is 159 Å². The number of nitrogens with one attached hydrogen (secondary N) is 6. The highest BCUT2D eigenvalue weighted by Crippen LogP contribution is 2.44. The third kappa shape index (κ3) is 28.7. The van der Waals surface area contributed by atoms with E-state index in [-0.39, 0.29) is 44.4 Å². The van der Waals surface area contributed by atoms with Crippen LogP contribution in [0.25, 0.3) is 11.1 Å².